The van der Waals surface area contributed by atoms with Crippen molar-refractivity contribution < 1.29 is 14.3 Å². The summed E-state index contributed by atoms with van der Waals surface area (Å²) >= 11 is 0. The van der Waals surface area contributed by atoms with Crippen molar-refractivity contribution in [3.63, 3.8) is 0 Å². The van der Waals surface area contributed by atoms with Crippen molar-refractivity contribution in [3.8, 4) is 0 Å². The lowest BCUT2D eigenvalue weighted by Crippen LogP contribution is -2.48. The topological polar surface area (TPSA) is 42.0 Å². The first kappa shape index (κ1) is 19.2. The first-order chi connectivity index (χ1) is 12.8. The monoisotopic (exact) mass is 360 g/mol. The minimum atomic E-state index is -0.190. The second-order valence-electron chi connectivity index (χ2n) is 7.45. The van der Waals surface area contributed by atoms with Crippen LogP contribution >= 0.6 is 0 Å². The van der Waals surface area contributed by atoms with Crippen molar-refractivity contribution in [1.29, 1.82) is 0 Å². The Labute approximate surface area is 157 Å². The summed E-state index contributed by atoms with van der Waals surface area (Å²) in [5.74, 6) is 0.682. The zero-order chi connectivity index (χ0) is 18.2. The van der Waals surface area contributed by atoms with E-state index in [9.17, 15) is 4.79 Å². The Balaban J connectivity index is 1.51. The van der Waals surface area contributed by atoms with Crippen LogP contribution in [-0.2, 0) is 16.0 Å². The molecular formula is C21H32N2O3. The van der Waals surface area contributed by atoms with Gasteiger partial charge < -0.3 is 14.4 Å². The van der Waals surface area contributed by atoms with Crippen molar-refractivity contribution >= 4 is 6.09 Å². The van der Waals surface area contributed by atoms with Crippen molar-refractivity contribution in [2.45, 2.75) is 44.7 Å². The lowest BCUT2D eigenvalue weighted by molar-refractivity contribution is 0.0387. The van der Waals surface area contributed by atoms with Gasteiger partial charge in [-0.1, -0.05) is 36.8 Å². The Kier molecular flexibility index (Phi) is 7.32. The van der Waals surface area contributed by atoms with Crippen molar-refractivity contribution in [1.82, 2.24) is 9.80 Å². The van der Waals surface area contributed by atoms with E-state index < -0.39 is 0 Å². The van der Waals surface area contributed by atoms with Crippen molar-refractivity contribution in [3.05, 3.63) is 35.9 Å². The van der Waals surface area contributed by atoms with Gasteiger partial charge in [0, 0.05) is 32.8 Å². The average Bonchev–Trinajstić information content (AvgIpc) is 2.69. The molecule has 0 spiro atoms. The fourth-order valence-electron chi connectivity index (χ4n) is 4.34. The van der Waals surface area contributed by atoms with Gasteiger partial charge in [0.1, 0.15) is 6.61 Å². The number of hydrogen-bond donors (Lipinski definition) is 0. The number of nitrogens with zero attached hydrogens (tertiary/aromatic N) is 2. The summed E-state index contributed by atoms with van der Waals surface area (Å²) in [7, 11) is 1.62. The van der Waals surface area contributed by atoms with Gasteiger partial charge in [0.25, 0.3) is 0 Å². The Morgan fingerprint density at radius 2 is 1.81 bits per heavy atom. The highest BCUT2D eigenvalue weighted by atomic mass is 16.6. The van der Waals surface area contributed by atoms with Crippen LogP contribution in [0.1, 0.15) is 37.7 Å². The van der Waals surface area contributed by atoms with Gasteiger partial charge >= 0.3 is 6.09 Å². The average molecular weight is 360 g/mol. The number of amides is 1. The molecule has 2 fully saturated rings. The lowest BCUT2D eigenvalue weighted by atomic mass is 9.83. The van der Waals surface area contributed by atoms with Crippen LogP contribution in [0.25, 0.3) is 0 Å². The van der Waals surface area contributed by atoms with Gasteiger partial charge in [-0.15, -0.1) is 0 Å². The summed E-state index contributed by atoms with van der Waals surface area (Å²) < 4.78 is 10.2. The number of hydrogen-bond acceptors (Lipinski definition) is 4. The second-order valence-corrected chi connectivity index (χ2v) is 7.45. The van der Waals surface area contributed by atoms with Crippen LogP contribution in [0.5, 0.6) is 0 Å². The molecule has 2 aliphatic rings. The van der Waals surface area contributed by atoms with Crippen LogP contribution in [0.15, 0.2) is 30.3 Å². The molecule has 5 nitrogen and oxygen atoms in total. The van der Waals surface area contributed by atoms with Gasteiger partial charge in [-0.3, -0.25) is 4.90 Å². The molecule has 1 atom stereocenters. The van der Waals surface area contributed by atoms with E-state index in [0.717, 1.165) is 32.5 Å². The molecule has 1 unspecified atom stereocenters. The van der Waals surface area contributed by atoms with E-state index in [2.05, 4.69) is 35.2 Å². The van der Waals surface area contributed by atoms with Gasteiger partial charge in [-0.2, -0.15) is 0 Å². The molecule has 26 heavy (non-hydrogen) atoms. The van der Waals surface area contributed by atoms with E-state index in [0.29, 0.717) is 25.2 Å². The highest BCUT2D eigenvalue weighted by Crippen LogP contribution is 2.31. The van der Waals surface area contributed by atoms with Crippen molar-refractivity contribution in [2.24, 2.45) is 5.92 Å². The maximum Gasteiger partial charge on any atom is 0.409 e. The van der Waals surface area contributed by atoms with E-state index in [1.54, 1.807) is 7.11 Å². The third kappa shape index (κ3) is 5.21. The van der Waals surface area contributed by atoms with E-state index in [-0.39, 0.29) is 6.09 Å². The smallest absolute Gasteiger partial charge is 0.409 e. The van der Waals surface area contributed by atoms with Gasteiger partial charge in [0.15, 0.2) is 0 Å². The number of benzene rings is 1. The number of ether oxygens (including phenoxy) is 2. The molecule has 1 aromatic rings. The number of rotatable bonds is 6. The SMILES string of the molecule is COCCOC(=O)N1CCC(C2CCCCN2Cc2ccccc2)CC1. The zero-order valence-corrected chi connectivity index (χ0v) is 15.9. The highest BCUT2D eigenvalue weighted by Gasteiger charge is 2.33. The van der Waals surface area contributed by atoms with Gasteiger partial charge in [-0.05, 0) is 43.7 Å². The zero-order valence-electron chi connectivity index (χ0n) is 15.9. The fraction of sp³-hybridized carbons (Fsp3) is 0.667. The maximum absolute atomic E-state index is 12.1. The van der Waals surface area contributed by atoms with Crippen LogP contribution in [0.4, 0.5) is 4.79 Å². The van der Waals surface area contributed by atoms with E-state index >= 15 is 0 Å². The summed E-state index contributed by atoms with van der Waals surface area (Å²) in [6.45, 7) is 4.66. The Bertz CT molecular complexity index is 543. The molecule has 0 aliphatic carbocycles. The minimum Gasteiger partial charge on any atom is -0.447 e. The van der Waals surface area contributed by atoms with E-state index in [1.165, 1.54) is 31.4 Å². The molecule has 2 aliphatic heterocycles. The minimum absolute atomic E-state index is 0.190. The lowest BCUT2D eigenvalue weighted by Gasteiger charge is -2.43. The normalized spacial score (nSPS) is 22.3. The fourth-order valence-corrected chi connectivity index (χ4v) is 4.34. The molecule has 3 rings (SSSR count). The number of carbonyl (C=O) groups is 1. The van der Waals surface area contributed by atoms with Crippen LogP contribution in [0.2, 0.25) is 0 Å². The Morgan fingerprint density at radius 1 is 1.04 bits per heavy atom. The number of likely N-dealkylation sites (tertiary alicyclic amines) is 2. The van der Waals surface area contributed by atoms with E-state index in [4.69, 9.17) is 9.47 Å². The molecule has 144 valence electrons. The molecule has 0 saturated carbocycles. The summed E-state index contributed by atoms with van der Waals surface area (Å²) in [4.78, 5) is 16.6. The predicted molar refractivity (Wildman–Crippen MR) is 102 cm³/mol. The number of methoxy groups -OCH3 is 1. The first-order valence-corrected chi connectivity index (χ1v) is 9.96. The van der Waals surface area contributed by atoms with Gasteiger partial charge in [-0.25, -0.2) is 4.79 Å². The standard InChI is InChI=1S/C21H32N2O3/c1-25-15-16-26-21(24)22-13-10-19(11-14-22)20-9-5-6-12-23(20)17-18-7-3-2-4-8-18/h2-4,7-8,19-20H,5-6,9-17H2,1H3. The largest absolute Gasteiger partial charge is 0.447 e. The Morgan fingerprint density at radius 3 is 2.54 bits per heavy atom. The number of carbonyl (C=O) groups excluding carboxylic acids is 1. The molecule has 5 heteroatoms. The third-order valence-electron chi connectivity index (χ3n) is 5.75. The van der Waals surface area contributed by atoms with Gasteiger partial charge in [0.05, 0.1) is 6.61 Å². The second kappa shape index (κ2) is 9.93. The summed E-state index contributed by atoms with van der Waals surface area (Å²) in [5, 5.41) is 0. The van der Waals surface area contributed by atoms with Crippen LogP contribution in [0.3, 0.4) is 0 Å². The quantitative estimate of drug-likeness (QED) is 0.728. The molecule has 1 aromatic carbocycles. The molecule has 0 aromatic heterocycles. The van der Waals surface area contributed by atoms with Gasteiger partial charge in [0.2, 0.25) is 0 Å². The van der Waals surface area contributed by atoms with Crippen molar-refractivity contribution in [2.75, 3.05) is 40.0 Å². The third-order valence-corrected chi connectivity index (χ3v) is 5.75. The van der Waals surface area contributed by atoms with Crippen LogP contribution in [0, 0.1) is 5.92 Å². The summed E-state index contributed by atoms with van der Waals surface area (Å²) in [5.41, 5.74) is 1.40. The molecule has 2 saturated heterocycles. The molecular weight excluding hydrogens is 328 g/mol. The first-order valence-electron chi connectivity index (χ1n) is 9.96. The molecule has 2 heterocycles. The molecule has 0 bridgehead atoms. The molecule has 0 radical (unpaired) electrons. The molecule has 0 N–H and O–H groups in total. The summed E-state index contributed by atoms with van der Waals surface area (Å²) in [6.07, 6.45) is 5.88. The molecule has 1 amide bonds. The highest BCUT2D eigenvalue weighted by molar-refractivity contribution is 5.67. The van der Waals surface area contributed by atoms with E-state index in [1.807, 2.05) is 4.90 Å². The Hall–Kier alpha value is -1.59. The summed E-state index contributed by atoms with van der Waals surface area (Å²) in [6, 6.07) is 11.4. The van der Waals surface area contributed by atoms with Crippen LogP contribution < -0.4 is 0 Å². The van der Waals surface area contributed by atoms with Crippen LogP contribution in [-0.4, -0.2) is 61.9 Å². The predicted octanol–water partition coefficient (Wildman–Crippen LogP) is 3.54. The number of piperidine rings is 2. The maximum atomic E-state index is 12.1.